The van der Waals surface area contributed by atoms with Gasteiger partial charge in [-0.05, 0) is 46.1 Å². The van der Waals surface area contributed by atoms with Crippen LogP contribution in [0.25, 0.3) is 0 Å². The van der Waals surface area contributed by atoms with Crippen molar-refractivity contribution in [3.05, 3.63) is 22.7 Å². The Hall–Kier alpha value is -1.28. The highest BCUT2D eigenvalue weighted by molar-refractivity contribution is 9.10. The second-order valence-electron chi connectivity index (χ2n) is 5.24. The first-order valence-electron chi connectivity index (χ1n) is 6.81. The van der Waals surface area contributed by atoms with Crippen molar-refractivity contribution in [1.29, 1.82) is 0 Å². The molecule has 0 radical (unpaired) electrons. The molecular weight excluding hydrogens is 322 g/mol. The van der Waals surface area contributed by atoms with E-state index in [1.54, 1.807) is 4.68 Å². The van der Waals surface area contributed by atoms with E-state index < -0.39 is 0 Å². The zero-order chi connectivity index (χ0) is 14.1. The predicted molar refractivity (Wildman–Crippen MR) is 77.0 cm³/mol. The van der Waals surface area contributed by atoms with E-state index in [9.17, 15) is 0 Å². The minimum absolute atomic E-state index is 0.250. The van der Waals surface area contributed by atoms with Crippen LogP contribution in [-0.2, 0) is 7.05 Å². The highest BCUT2D eigenvalue weighted by Gasteiger charge is 2.27. The molecule has 7 nitrogen and oxygen atoms in total. The lowest BCUT2D eigenvalue weighted by Crippen LogP contribution is -2.37. The average molecular weight is 340 g/mol. The molecule has 3 rings (SSSR count). The maximum Gasteiger partial charge on any atom is 0.167 e. The van der Waals surface area contributed by atoms with E-state index in [1.165, 1.54) is 0 Å². The van der Waals surface area contributed by atoms with Gasteiger partial charge in [-0.1, -0.05) is 0 Å². The summed E-state index contributed by atoms with van der Waals surface area (Å²) in [5, 5.41) is 16.1. The number of hydrogen-bond donors (Lipinski definition) is 0. The number of nitrogens with zero attached hydrogens (tertiary/aromatic N) is 7. The SMILES string of the molecule is C[C@H](c1nnnn1C)N1CCC(n2cc(Br)cn2)CC1. The number of aromatic nitrogens is 6. The van der Waals surface area contributed by atoms with Crippen LogP contribution in [0.4, 0.5) is 0 Å². The molecule has 108 valence electrons. The molecule has 0 unspecified atom stereocenters. The van der Waals surface area contributed by atoms with Gasteiger partial charge in [0.05, 0.1) is 22.8 Å². The van der Waals surface area contributed by atoms with Crippen LogP contribution in [0, 0.1) is 0 Å². The summed E-state index contributed by atoms with van der Waals surface area (Å²) >= 11 is 3.45. The van der Waals surface area contributed by atoms with Gasteiger partial charge in [0.15, 0.2) is 5.82 Å². The standard InChI is InChI=1S/C12H18BrN7/c1-9(12-15-16-17-18(12)2)19-5-3-11(4-6-19)20-8-10(13)7-14-20/h7-9,11H,3-6H2,1-2H3/t9-/m1/s1. The summed E-state index contributed by atoms with van der Waals surface area (Å²) in [6.45, 7) is 4.24. The molecule has 0 bridgehead atoms. The first kappa shape index (κ1) is 13.7. The maximum absolute atomic E-state index is 4.39. The minimum atomic E-state index is 0.250. The van der Waals surface area contributed by atoms with Crippen LogP contribution in [0.5, 0.6) is 0 Å². The Morgan fingerprint density at radius 1 is 1.35 bits per heavy atom. The molecule has 1 saturated heterocycles. The van der Waals surface area contributed by atoms with Crippen LogP contribution >= 0.6 is 15.9 Å². The fourth-order valence-corrected chi connectivity index (χ4v) is 3.11. The van der Waals surface area contributed by atoms with Gasteiger partial charge in [0.1, 0.15) is 0 Å². The van der Waals surface area contributed by atoms with Gasteiger partial charge in [-0.15, -0.1) is 5.10 Å². The van der Waals surface area contributed by atoms with Gasteiger partial charge >= 0.3 is 0 Å². The first-order valence-corrected chi connectivity index (χ1v) is 7.60. The predicted octanol–water partition coefficient (Wildman–Crippen LogP) is 1.57. The highest BCUT2D eigenvalue weighted by atomic mass is 79.9. The number of aryl methyl sites for hydroxylation is 1. The molecule has 0 spiro atoms. The van der Waals surface area contributed by atoms with Crippen LogP contribution in [0.3, 0.4) is 0 Å². The van der Waals surface area contributed by atoms with Crippen LogP contribution in [0.2, 0.25) is 0 Å². The summed E-state index contributed by atoms with van der Waals surface area (Å²) < 4.78 is 4.86. The number of halogens is 1. The molecule has 1 atom stereocenters. The zero-order valence-electron chi connectivity index (χ0n) is 11.6. The molecule has 0 saturated carbocycles. The normalized spacial score (nSPS) is 19.4. The van der Waals surface area contributed by atoms with Crippen molar-refractivity contribution < 1.29 is 0 Å². The molecule has 1 aliphatic heterocycles. The summed E-state index contributed by atoms with van der Waals surface area (Å²) in [4.78, 5) is 2.43. The van der Waals surface area contributed by atoms with E-state index in [1.807, 2.05) is 13.2 Å². The Morgan fingerprint density at radius 2 is 2.10 bits per heavy atom. The number of likely N-dealkylation sites (tertiary alicyclic amines) is 1. The van der Waals surface area contributed by atoms with Crippen LogP contribution in [0.15, 0.2) is 16.9 Å². The quantitative estimate of drug-likeness (QED) is 0.849. The van der Waals surface area contributed by atoms with Gasteiger partial charge in [0, 0.05) is 26.3 Å². The van der Waals surface area contributed by atoms with E-state index >= 15 is 0 Å². The molecular formula is C12H18BrN7. The van der Waals surface area contributed by atoms with Crippen LogP contribution < -0.4 is 0 Å². The van der Waals surface area contributed by atoms with Crippen molar-refractivity contribution in [2.45, 2.75) is 31.8 Å². The van der Waals surface area contributed by atoms with E-state index in [4.69, 9.17) is 0 Å². The lowest BCUT2D eigenvalue weighted by molar-refractivity contribution is 0.132. The fraction of sp³-hybridized carbons (Fsp3) is 0.667. The third-order valence-corrected chi connectivity index (χ3v) is 4.43. The molecule has 3 heterocycles. The lowest BCUT2D eigenvalue weighted by atomic mass is 10.0. The van der Waals surface area contributed by atoms with Crippen LogP contribution in [0.1, 0.15) is 37.7 Å². The zero-order valence-corrected chi connectivity index (χ0v) is 13.2. The molecule has 1 aliphatic rings. The van der Waals surface area contributed by atoms with Gasteiger partial charge in [0.2, 0.25) is 0 Å². The van der Waals surface area contributed by atoms with Crippen molar-refractivity contribution >= 4 is 15.9 Å². The van der Waals surface area contributed by atoms with Crippen molar-refractivity contribution in [2.24, 2.45) is 7.05 Å². The summed E-state index contributed by atoms with van der Waals surface area (Å²) in [6.07, 6.45) is 6.10. The molecule has 8 heteroatoms. The van der Waals surface area contributed by atoms with Crippen LogP contribution in [-0.4, -0.2) is 48.0 Å². The van der Waals surface area contributed by atoms with E-state index in [2.05, 4.69) is 59.3 Å². The number of hydrogen-bond acceptors (Lipinski definition) is 5. The first-order chi connectivity index (χ1) is 9.65. The molecule has 20 heavy (non-hydrogen) atoms. The number of tetrazole rings is 1. The van der Waals surface area contributed by atoms with Gasteiger partial charge in [-0.3, -0.25) is 9.58 Å². The Labute approximate surface area is 126 Å². The summed E-state index contributed by atoms with van der Waals surface area (Å²) in [7, 11) is 1.89. The molecule has 2 aromatic rings. The molecule has 0 aromatic carbocycles. The van der Waals surface area contributed by atoms with Crippen molar-refractivity contribution in [2.75, 3.05) is 13.1 Å². The Balaban J connectivity index is 1.62. The monoisotopic (exact) mass is 339 g/mol. The third kappa shape index (κ3) is 2.62. The van der Waals surface area contributed by atoms with Gasteiger partial charge in [-0.25, -0.2) is 4.68 Å². The Kier molecular flexibility index (Phi) is 3.84. The topological polar surface area (TPSA) is 64.7 Å². The lowest BCUT2D eigenvalue weighted by Gasteiger charge is -2.35. The summed E-state index contributed by atoms with van der Waals surface area (Å²) in [5.74, 6) is 0.922. The van der Waals surface area contributed by atoms with E-state index in [0.717, 1.165) is 36.2 Å². The molecule has 1 fully saturated rings. The molecule has 0 amide bonds. The average Bonchev–Trinajstić information content (AvgIpc) is 3.07. The van der Waals surface area contributed by atoms with E-state index in [-0.39, 0.29) is 6.04 Å². The fourth-order valence-electron chi connectivity index (χ4n) is 2.81. The Bertz CT molecular complexity index is 570. The van der Waals surface area contributed by atoms with Crippen molar-refractivity contribution in [3.63, 3.8) is 0 Å². The second-order valence-corrected chi connectivity index (χ2v) is 6.16. The van der Waals surface area contributed by atoms with Gasteiger partial charge in [0.25, 0.3) is 0 Å². The third-order valence-electron chi connectivity index (χ3n) is 4.02. The summed E-state index contributed by atoms with van der Waals surface area (Å²) in [6, 6.07) is 0.739. The number of rotatable bonds is 3. The Morgan fingerprint density at radius 3 is 2.65 bits per heavy atom. The second kappa shape index (κ2) is 5.61. The number of piperidine rings is 1. The van der Waals surface area contributed by atoms with Gasteiger partial charge < -0.3 is 0 Å². The van der Waals surface area contributed by atoms with Gasteiger partial charge in [-0.2, -0.15) is 5.10 Å². The van der Waals surface area contributed by atoms with Crippen molar-refractivity contribution in [1.82, 2.24) is 34.9 Å². The minimum Gasteiger partial charge on any atom is -0.293 e. The largest absolute Gasteiger partial charge is 0.293 e. The molecule has 2 aromatic heterocycles. The van der Waals surface area contributed by atoms with Crippen molar-refractivity contribution in [3.8, 4) is 0 Å². The smallest absolute Gasteiger partial charge is 0.167 e. The molecule has 0 aliphatic carbocycles. The van der Waals surface area contributed by atoms with E-state index in [0.29, 0.717) is 6.04 Å². The highest BCUT2D eigenvalue weighted by Crippen LogP contribution is 2.28. The summed E-state index contributed by atoms with van der Waals surface area (Å²) in [5.41, 5.74) is 0. The maximum atomic E-state index is 4.39. The molecule has 0 N–H and O–H groups in total.